The average molecular weight is 589 g/mol. The Labute approximate surface area is 253 Å². The highest BCUT2D eigenvalue weighted by atomic mass is 32.2. The summed E-state index contributed by atoms with van der Waals surface area (Å²) in [7, 11) is 2.05. The molecule has 0 aromatic heterocycles. The van der Waals surface area contributed by atoms with Gasteiger partial charge in [-0.3, -0.25) is 4.79 Å². The molecule has 3 aromatic carbocycles. The molecule has 1 N–H and O–H groups in total. The van der Waals surface area contributed by atoms with Crippen molar-refractivity contribution in [2.75, 3.05) is 52.1 Å². The summed E-state index contributed by atoms with van der Waals surface area (Å²) in [5.74, 6) is 0.313. The Kier molecular flexibility index (Phi) is 12.3. The highest BCUT2D eigenvalue weighted by molar-refractivity contribution is 8.13. The standard InChI is InChI=1S/C33H40N4O4S/c1-35-19-21-36(22-20-35)31(38)30(25-28-13-7-3-8-14-28)34-32(39)37(18-17-27-11-5-2-6-12-27)23-24-42-33(40)41-26-29-15-9-4-10-16-29/h2-16,30H,17-26H2,1H3,(H,34,39)/t30-/m0/s1. The molecule has 0 radical (unpaired) electrons. The third-order valence-electron chi connectivity index (χ3n) is 7.27. The number of piperazine rings is 1. The molecule has 1 aliphatic rings. The molecule has 3 aromatic rings. The third-order valence-corrected chi connectivity index (χ3v) is 8.01. The van der Waals surface area contributed by atoms with E-state index in [1.807, 2.05) is 103 Å². The van der Waals surface area contributed by atoms with Gasteiger partial charge in [-0.25, -0.2) is 9.59 Å². The number of ether oxygens (including phenoxy) is 1. The van der Waals surface area contributed by atoms with E-state index in [0.717, 1.165) is 41.5 Å². The fraction of sp³-hybridized carbons (Fsp3) is 0.364. The van der Waals surface area contributed by atoms with Gasteiger partial charge >= 0.3 is 11.3 Å². The first-order chi connectivity index (χ1) is 20.5. The van der Waals surface area contributed by atoms with E-state index < -0.39 is 6.04 Å². The van der Waals surface area contributed by atoms with E-state index in [2.05, 4.69) is 10.2 Å². The minimum atomic E-state index is -0.689. The SMILES string of the molecule is CN1CCN(C(=O)[C@H](Cc2ccccc2)NC(=O)N(CCSC(=O)OCc2ccccc2)CCc2ccccc2)CC1. The number of thioether (sulfide) groups is 1. The fourth-order valence-electron chi connectivity index (χ4n) is 4.76. The van der Waals surface area contributed by atoms with Gasteiger partial charge in [-0.1, -0.05) is 91.0 Å². The molecule has 1 aliphatic heterocycles. The predicted octanol–water partition coefficient (Wildman–Crippen LogP) is 4.70. The molecule has 9 heteroatoms. The first-order valence-electron chi connectivity index (χ1n) is 14.4. The highest BCUT2D eigenvalue weighted by Gasteiger charge is 2.29. The van der Waals surface area contributed by atoms with E-state index in [0.29, 0.717) is 44.8 Å². The van der Waals surface area contributed by atoms with Crippen molar-refractivity contribution in [1.29, 1.82) is 0 Å². The van der Waals surface area contributed by atoms with Crippen LogP contribution in [-0.2, 0) is 29.0 Å². The van der Waals surface area contributed by atoms with Crippen molar-refractivity contribution >= 4 is 29.0 Å². The number of urea groups is 1. The lowest BCUT2D eigenvalue weighted by Gasteiger charge is -2.35. The van der Waals surface area contributed by atoms with Crippen LogP contribution in [0.15, 0.2) is 91.0 Å². The highest BCUT2D eigenvalue weighted by Crippen LogP contribution is 2.13. The monoisotopic (exact) mass is 588 g/mol. The molecule has 222 valence electrons. The molecule has 0 spiro atoms. The summed E-state index contributed by atoms with van der Waals surface area (Å²) in [5, 5.41) is 2.67. The van der Waals surface area contributed by atoms with Crippen LogP contribution >= 0.6 is 11.8 Å². The molecule has 42 heavy (non-hydrogen) atoms. The Balaban J connectivity index is 1.40. The zero-order valence-corrected chi connectivity index (χ0v) is 25.0. The Morgan fingerprint density at radius 1 is 0.810 bits per heavy atom. The normalized spacial score (nSPS) is 14.2. The van der Waals surface area contributed by atoms with Gasteiger partial charge in [0.15, 0.2) is 0 Å². The van der Waals surface area contributed by atoms with Crippen LogP contribution in [0.4, 0.5) is 9.59 Å². The molecular weight excluding hydrogens is 548 g/mol. The van der Waals surface area contributed by atoms with E-state index in [4.69, 9.17) is 4.74 Å². The summed E-state index contributed by atoms with van der Waals surface area (Å²) in [6.45, 7) is 3.88. The smallest absolute Gasteiger partial charge is 0.367 e. The lowest BCUT2D eigenvalue weighted by Crippen LogP contribution is -2.57. The molecular formula is C33H40N4O4S. The number of carbonyl (C=O) groups excluding carboxylic acids is 3. The van der Waals surface area contributed by atoms with Crippen LogP contribution in [0.2, 0.25) is 0 Å². The van der Waals surface area contributed by atoms with Gasteiger partial charge in [-0.15, -0.1) is 0 Å². The molecule has 1 atom stereocenters. The third kappa shape index (κ3) is 10.2. The summed E-state index contributed by atoms with van der Waals surface area (Å²) >= 11 is 1.05. The summed E-state index contributed by atoms with van der Waals surface area (Å²) in [6.07, 6.45) is 1.07. The van der Waals surface area contributed by atoms with Gasteiger partial charge in [-0.2, -0.15) is 0 Å². The molecule has 0 saturated carbocycles. The molecule has 8 nitrogen and oxygen atoms in total. The molecule has 1 fully saturated rings. The Morgan fingerprint density at radius 3 is 2.00 bits per heavy atom. The van der Waals surface area contributed by atoms with Crippen molar-refractivity contribution in [2.24, 2.45) is 0 Å². The van der Waals surface area contributed by atoms with Gasteiger partial charge in [-0.05, 0) is 41.9 Å². The molecule has 0 aliphatic carbocycles. The number of benzene rings is 3. The van der Waals surface area contributed by atoms with Crippen molar-refractivity contribution in [3.8, 4) is 0 Å². The second kappa shape index (κ2) is 16.6. The maximum Gasteiger partial charge on any atom is 0.367 e. The van der Waals surface area contributed by atoms with Crippen LogP contribution < -0.4 is 5.32 Å². The summed E-state index contributed by atoms with van der Waals surface area (Å²) in [5.41, 5.74) is 3.02. The summed E-state index contributed by atoms with van der Waals surface area (Å²) < 4.78 is 5.39. The molecule has 4 rings (SSSR count). The Morgan fingerprint density at radius 2 is 1.38 bits per heavy atom. The number of nitrogens with zero attached hydrogens (tertiary/aromatic N) is 3. The first-order valence-corrected chi connectivity index (χ1v) is 15.4. The van der Waals surface area contributed by atoms with Crippen molar-refractivity contribution < 1.29 is 19.1 Å². The van der Waals surface area contributed by atoms with Gasteiger partial charge in [0, 0.05) is 51.4 Å². The van der Waals surface area contributed by atoms with Gasteiger partial charge < -0.3 is 24.8 Å². The van der Waals surface area contributed by atoms with Crippen LogP contribution in [0.25, 0.3) is 0 Å². The number of hydrogen-bond acceptors (Lipinski definition) is 6. The molecule has 1 heterocycles. The molecule has 1 saturated heterocycles. The number of hydrogen-bond donors (Lipinski definition) is 1. The zero-order chi connectivity index (χ0) is 29.6. The second-order valence-corrected chi connectivity index (χ2v) is 11.4. The molecule has 0 unspecified atom stereocenters. The lowest BCUT2D eigenvalue weighted by atomic mass is 10.0. The Hall–Kier alpha value is -3.82. The fourth-order valence-corrected chi connectivity index (χ4v) is 5.38. The van der Waals surface area contributed by atoms with Crippen molar-refractivity contribution in [3.63, 3.8) is 0 Å². The average Bonchev–Trinajstić information content (AvgIpc) is 3.03. The number of nitrogens with one attached hydrogen (secondary N) is 1. The maximum atomic E-state index is 13.7. The van der Waals surface area contributed by atoms with Crippen molar-refractivity contribution in [3.05, 3.63) is 108 Å². The molecule has 3 amide bonds. The van der Waals surface area contributed by atoms with Crippen LogP contribution in [0.5, 0.6) is 0 Å². The first kappa shape index (κ1) is 31.1. The van der Waals surface area contributed by atoms with E-state index in [9.17, 15) is 14.4 Å². The number of rotatable bonds is 12. The summed E-state index contributed by atoms with van der Waals surface area (Å²) in [4.78, 5) is 45.5. The topological polar surface area (TPSA) is 82.2 Å². The molecule has 0 bridgehead atoms. The Bertz CT molecular complexity index is 1250. The van der Waals surface area contributed by atoms with Crippen molar-refractivity contribution in [1.82, 2.24) is 20.0 Å². The predicted molar refractivity (Wildman–Crippen MR) is 167 cm³/mol. The van der Waals surface area contributed by atoms with E-state index >= 15 is 0 Å². The van der Waals surface area contributed by atoms with Gasteiger partial charge in [0.25, 0.3) is 0 Å². The minimum absolute atomic E-state index is 0.0674. The minimum Gasteiger partial charge on any atom is -0.453 e. The van der Waals surface area contributed by atoms with Crippen molar-refractivity contribution in [2.45, 2.75) is 25.5 Å². The number of likely N-dealkylation sites (N-methyl/N-ethyl adjacent to an activating group) is 1. The maximum absolute atomic E-state index is 13.7. The number of carbonyl (C=O) groups is 3. The number of amides is 3. The van der Waals surface area contributed by atoms with Crippen LogP contribution in [0.1, 0.15) is 16.7 Å². The van der Waals surface area contributed by atoms with E-state index in [1.54, 1.807) is 4.90 Å². The van der Waals surface area contributed by atoms with Gasteiger partial charge in [0.2, 0.25) is 5.91 Å². The van der Waals surface area contributed by atoms with Crippen LogP contribution in [-0.4, -0.2) is 90.1 Å². The second-order valence-electron chi connectivity index (χ2n) is 10.4. The van der Waals surface area contributed by atoms with Crippen LogP contribution in [0, 0.1) is 0 Å². The van der Waals surface area contributed by atoms with Gasteiger partial charge in [0.05, 0.1) is 0 Å². The quantitative estimate of drug-likeness (QED) is 0.309. The zero-order valence-electron chi connectivity index (χ0n) is 24.2. The van der Waals surface area contributed by atoms with E-state index in [1.165, 1.54) is 0 Å². The summed E-state index contributed by atoms with van der Waals surface area (Å²) in [6, 6.07) is 28.3. The van der Waals surface area contributed by atoms with E-state index in [-0.39, 0.29) is 23.8 Å². The van der Waals surface area contributed by atoms with Gasteiger partial charge in [0.1, 0.15) is 12.6 Å². The largest absolute Gasteiger partial charge is 0.453 e. The van der Waals surface area contributed by atoms with Crippen LogP contribution in [0.3, 0.4) is 0 Å². The lowest BCUT2D eigenvalue weighted by molar-refractivity contribution is -0.134.